The molecule has 1 atom stereocenters. The molecular weight excluding hydrogens is 362 g/mol. The number of amides is 1. The van der Waals surface area contributed by atoms with Gasteiger partial charge in [0, 0.05) is 37.4 Å². The predicted molar refractivity (Wildman–Crippen MR) is 115 cm³/mol. The topological polar surface area (TPSA) is 52.6 Å². The number of hydrogen-bond acceptors (Lipinski definition) is 4. The van der Waals surface area contributed by atoms with Crippen molar-refractivity contribution in [1.29, 1.82) is 0 Å². The van der Waals surface area contributed by atoms with E-state index in [1.54, 1.807) is 0 Å². The van der Waals surface area contributed by atoms with Crippen molar-refractivity contribution in [3.8, 4) is 0 Å². The molecule has 1 saturated heterocycles. The summed E-state index contributed by atoms with van der Waals surface area (Å²) in [6.45, 7) is 4.32. The van der Waals surface area contributed by atoms with Crippen LogP contribution in [0.3, 0.4) is 0 Å². The van der Waals surface area contributed by atoms with E-state index in [2.05, 4.69) is 22.2 Å². The number of nitrogens with zero attached hydrogens (tertiary/aromatic N) is 2. The highest BCUT2D eigenvalue weighted by molar-refractivity contribution is 5.99. The van der Waals surface area contributed by atoms with Crippen molar-refractivity contribution in [3.05, 3.63) is 65.7 Å². The van der Waals surface area contributed by atoms with E-state index in [9.17, 15) is 9.59 Å². The maximum absolute atomic E-state index is 12.9. The first-order valence-corrected chi connectivity index (χ1v) is 10.5. The van der Waals surface area contributed by atoms with Crippen molar-refractivity contribution in [2.24, 2.45) is 5.92 Å². The Kier molecular flexibility index (Phi) is 6.07. The van der Waals surface area contributed by atoms with Crippen LogP contribution in [0, 0.1) is 5.92 Å². The Hall–Kier alpha value is -2.50. The summed E-state index contributed by atoms with van der Waals surface area (Å²) in [5.74, 6) is 0.499. The first-order valence-electron chi connectivity index (χ1n) is 10.5. The molecule has 1 unspecified atom stereocenters. The molecule has 1 amide bonds. The molecule has 2 fully saturated rings. The average Bonchev–Trinajstić information content (AvgIpc) is 3.56. The zero-order valence-corrected chi connectivity index (χ0v) is 17.0. The van der Waals surface area contributed by atoms with E-state index < -0.39 is 0 Å². The fourth-order valence-corrected chi connectivity index (χ4v) is 3.99. The van der Waals surface area contributed by atoms with Crippen LogP contribution in [0.15, 0.2) is 54.6 Å². The van der Waals surface area contributed by atoms with Gasteiger partial charge in [0.2, 0.25) is 5.91 Å². The van der Waals surface area contributed by atoms with Crippen molar-refractivity contribution in [1.82, 2.24) is 9.80 Å². The Morgan fingerprint density at radius 3 is 2.24 bits per heavy atom. The predicted octanol–water partition coefficient (Wildman–Crippen LogP) is 3.25. The normalized spacial score (nSPS) is 18.9. The summed E-state index contributed by atoms with van der Waals surface area (Å²) in [4.78, 5) is 30.0. The molecule has 0 aromatic heterocycles. The van der Waals surface area contributed by atoms with Gasteiger partial charge in [0.15, 0.2) is 5.78 Å². The van der Waals surface area contributed by atoms with Crippen molar-refractivity contribution in [2.45, 2.75) is 18.8 Å². The molecule has 1 aliphatic heterocycles. The number of anilines is 1. The number of likely N-dealkylation sites (N-methyl/N-ethyl adjacent to an activating group) is 1. The number of hydrogen-bond donors (Lipinski definition) is 1. The lowest BCUT2D eigenvalue weighted by Crippen LogP contribution is -2.46. The highest BCUT2D eigenvalue weighted by Gasteiger charge is 2.37. The molecule has 2 aliphatic rings. The third kappa shape index (κ3) is 5.11. The number of Topliss-reactive ketones (excluding diaryl/α,β-unsaturated/α-hetero) is 1. The number of piperazine rings is 1. The van der Waals surface area contributed by atoms with Crippen LogP contribution in [0.25, 0.3) is 0 Å². The third-order valence-corrected chi connectivity index (χ3v) is 5.97. The van der Waals surface area contributed by atoms with Gasteiger partial charge in [-0.05, 0) is 55.6 Å². The summed E-state index contributed by atoms with van der Waals surface area (Å²) >= 11 is 0. The summed E-state index contributed by atoms with van der Waals surface area (Å²) in [6, 6.07) is 17.3. The third-order valence-electron chi connectivity index (χ3n) is 5.97. The van der Waals surface area contributed by atoms with E-state index in [0.29, 0.717) is 18.0 Å². The molecule has 4 rings (SSSR count). The van der Waals surface area contributed by atoms with Gasteiger partial charge >= 0.3 is 0 Å². The Balaban J connectivity index is 1.36. The van der Waals surface area contributed by atoms with Crippen LogP contribution in [0.2, 0.25) is 0 Å². The van der Waals surface area contributed by atoms with Gasteiger partial charge in [-0.15, -0.1) is 0 Å². The second kappa shape index (κ2) is 8.89. The molecular formula is C24H29N3O2. The summed E-state index contributed by atoms with van der Waals surface area (Å²) in [6.07, 6.45) is 2.21. The number of rotatable bonds is 7. The molecule has 1 saturated carbocycles. The van der Waals surface area contributed by atoms with Crippen LogP contribution >= 0.6 is 0 Å². The van der Waals surface area contributed by atoms with E-state index in [1.165, 1.54) is 0 Å². The molecule has 0 bridgehead atoms. The highest BCUT2D eigenvalue weighted by atomic mass is 16.2. The lowest BCUT2D eigenvalue weighted by Gasteiger charge is -2.31. The SMILES string of the molecule is CN1CCN(CC(=O)c2ccc(NC(=O)C(c3ccccc3)C3CC3)cc2)CC1. The quantitative estimate of drug-likeness (QED) is 0.736. The van der Waals surface area contributed by atoms with Gasteiger partial charge in [-0.2, -0.15) is 0 Å². The van der Waals surface area contributed by atoms with Gasteiger partial charge in [0.1, 0.15) is 0 Å². The molecule has 5 heteroatoms. The minimum Gasteiger partial charge on any atom is -0.326 e. The van der Waals surface area contributed by atoms with Crippen molar-refractivity contribution in [2.75, 3.05) is 45.1 Å². The van der Waals surface area contributed by atoms with Crippen molar-refractivity contribution >= 4 is 17.4 Å². The van der Waals surface area contributed by atoms with Gasteiger partial charge < -0.3 is 10.2 Å². The second-order valence-corrected chi connectivity index (χ2v) is 8.29. The smallest absolute Gasteiger partial charge is 0.232 e. The monoisotopic (exact) mass is 391 g/mol. The van der Waals surface area contributed by atoms with Crippen LogP contribution in [-0.2, 0) is 4.79 Å². The Labute approximate surface area is 172 Å². The molecule has 1 aliphatic carbocycles. The summed E-state index contributed by atoms with van der Waals surface area (Å²) in [7, 11) is 2.11. The van der Waals surface area contributed by atoms with E-state index in [1.807, 2.05) is 54.6 Å². The van der Waals surface area contributed by atoms with Gasteiger partial charge in [-0.1, -0.05) is 30.3 Å². The number of carbonyl (C=O) groups excluding carboxylic acids is 2. The minimum atomic E-state index is -0.102. The first-order chi connectivity index (χ1) is 14.1. The molecule has 0 radical (unpaired) electrons. The molecule has 1 N–H and O–H groups in total. The van der Waals surface area contributed by atoms with Crippen LogP contribution in [0.4, 0.5) is 5.69 Å². The van der Waals surface area contributed by atoms with Crippen LogP contribution in [-0.4, -0.2) is 61.3 Å². The first kappa shape index (κ1) is 19.8. The zero-order chi connectivity index (χ0) is 20.2. The van der Waals surface area contributed by atoms with Gasteiger partial charge in [-0.25, -0.2) is 0 Å². The zero-order valence-electron chi connectivity index (χ0n) is 17.0. The molecule has 5 nitrogen and oxygen atoms in total. The van der Waals surface area contributed by atoms with Crippen molar-refractivity contribution < 1.29 is 9.59 Å². The lowest BCUT2D eigenvalue weighted by molar-refractivity contribution is -0.118. The van der Waals surface area contributed by atoms with Gasteiger partial charge in [0.25, 0.3) is 0 Å². The van der Waals surface area contributed by atoms with Crippen LogP contribution in [0.5, 0.6) is 0 Å². The van der Waals surface area contributed by atoms with E-state index >= 15 is 0 Å². The molecule has 29 heavy (non-hydrogen) atoms. The summed E-state index contributed by atoms with van der Waals surface area (Å²) in [5, 5.41) is 3.05. The molecule has 152 valence electrons. The number of carbonyl (C=O) groups is 2. The Bertz CT molecular complexity index is 838. The lowest BCUT2D eigenvalue weighted by atomic mass is 9.93. The minimum absolute atomic E-state index is 0.0372. The molecule has 1 heterocycles. The fraction of sp³-hybridized carbons (Fsp3) is 0.417. The average molecular weight is 392 g/mol. The number of ketones is 1. The Morgan fingerprint density at radius 2 is 1.62 bits per heavy atom. The Morgan fingerprint density at radius 1 is 0.966 bits per heavy atom. The molecule has 0 spiro atoms. The summed E-state index contributed by atoms with van der Waals surface area (Å²) < 4.78 is 0. The number of nitrogens with one attached hydrogen (secondary N) is 1. The highest BCUT2D eigenvalue weighted by Crippen LogP contribution is 2.43. The van der Waals surface area contributed by atoms with E-state index in [4.69, 9.17) is 0 Å². The van der Waals surface area contributed by atoms with E-state index in [-0.39, 0.29) is 17.6 Å². The maximum Gasteiger partial charge on any atom is 0.232 e. The van der Waals surface area contributed by atoms with Gasteiger partial charge in [-0.3, -0.25) is 14.5 Å². The summed E-state index contributed by atoms with van der Waals surface area (Å²) in [5.41, 5.74) is 2.52. The standard InChI is InChI=1S/C24H29N3O2/c1-26-13-15-27(16-14-26)17-22(28)18-9-11-21(12-10-18)25-24(29)23(20-7-8-20)19-5-3-2-4-6-19/h2-6,9-12,20,23H,7-8,13-17H2,1H3,(H,25,29). The molecule has 2 aromatic rings. The van der Waals surface area contributed by atoms with Crippen molar-refractivity contribution in [3.63, 3.8) is 0 Å². The molecule has 2 aromatic carbocycles. The van der Waals surface area contributed by atoms with Crippen LogP contribution < -0.4 is 5.32 Å². The maximum atomic E-state index is 12.9. The fourth-order valence-electron chi connectivity index (χ4n) is 3.99. The largest absolute Gasteiger partial charge is 0.326 e. The van der Waals surface area contributed by atoms with E-state index in [0.717, 1.165) is 50.3 Å². The second-order valence-electron chi connectivity index (χ2n) is 8.29. The number of benzene rings is 2. The van der Waals surface area contributed by atoms with Crippen LogP contribution in [0.1, 0.15) is 34.7 Å². The van der Waals surface area contributed by atoms with Gasteiger partial charge in [0.05, 0.1) is 12.5 Å².